The van der Waals surface area contributed by atoms with Crippen LogP contribution < -0.4 is 10.5 Å². The second kappa shape index (κ2) is 5.69. The lowest BCUT2D eigenvalue weighted by Crippen LogP contribution is -2.39. The number of nitrogens with one attached hydrogen (secondary N) is 1. The van der Waals surface area contributed by atoms with Crippen molar-refractivity contribution in [1.82, 2.24) is 4.98 Å². The van der Waals surface area contributed by atoms with Crippen molar-refractivity contribution in [3.8, 4) is 0 Å². The number of hydrogen-bond donors (Lipinski definition) is 1. The van der Waals surface area contributed by atoms with E-state index in [2.05, 4.69) is 4.98 Å². The number of aromatic amines is 1. The molecule has 1 aromatic heterocycles. The average molecular weight is 336 g/mol. The first-order chi connectivity index (χ1) is 12.0. The zero-order chi connectivity index (χ0) is 17.7. The van der Waals surface area contributed by atoms with Gasteiger partial charge in [0.05, 0.1) is 0 Å². The third kappa shape index (κ3) is 2.51. The Balaban J connectivity index is 1.78. The Morgan fingerprint density at radius 1 is 1.12 bits per heavy atom. The molecule has 2 heterocycles. The fraction of sp³-hybridized carbons (Fsp3) is 0.350. The van der Waals surface area contributed by atoms with Gasteiger partial charge in [-0.1, -0.05) is 25.1 Å². The number of benzene rings is 1. The van der Waals surface area contributed by atoms with Crippen molar-refractivity contribution in [2.24, 2.45) is 5.92 Å². The van der Waals surface area contributed by atoms with Gasteiger partial charge >= 0.3 is 0 Å². The summed E-state index contributed by atoms with van der Waals surface area (Å²) in [6.07, 6.45) is 1.88. The van der Waals surface area contributed by atoms with Gasteiger partial charge in [-0.25, -0.2) is 0 Å². The van der Waals surface area contributed by atoms with Crippen LogP contribution in [0.25, 0.3) is 0 Å². The molecule has 1 N–H and O–H groups in total. The first kappa shape index (κ1) is 15.8. The van der Waals surface area contributed by atoms with Gasteiger partial charge in [0.15, 0.2) is 5.78 Å². The predicted molar refractivity (Wildman–Crippen MR) is 95.3 cm³/mol. The van der Waals surface area contributed by atoms with E-state index in [0.29, 0.717) is 24.1 Å². The van der Waals surface area contributed by atoms with Gasteiger partial charge in [0.1, 0.15) is 5.56 Å². The molecule has 0 bridgehead atoms. The third-order valence-corrected chi connectivity index (χ3v) is 5.17. The minimum atomic E-state index is -0.415. The minimum Gasteiger partial charge on any atom is -0.325 e. The molecule has 2 aliphatic rings. The lowest BCUT2D eigenvalue weighted by atomic mass is 9.86. The van der Waals surface area contributed by atoms with Crippen LogP contribution >= 0.6 is 0 Å². The Hall–Kier alpha value is -2.69. The predicted octanol–water partition coefficient (Wildman–Crippen LogP) is 2.73. The first-order valence-electron chi connectivity index (χ1n) is 8.66. The van der Waals surface area contributed by atoms with Crippen LogP contribution in [0.4, 0.5) is 5.69 Å². The van der Waals surface area contributed by atoms with E-state index < -0.39 is 5.56 Å². The van der Waals surface area contributed by atoms with E-state index in [0.717, 1.165) is 17.7 Å². The monoisotopic (exact) mass is 336 g/mol. The quantitative estimate of drug-likeness (QED) is 0.870. The molecule has 4 rings (SSSR count). The SMILES string of the molecule is C[C@@H]1CC(=O)c2cc(C(=O)N3c4ccccc4C[C@H]3C)c(=O)[nH]c2C1. The van der Waals surface area contributed by atoms with E-state index >= 15 is 0 Å². The number of hydrogen-bond acceptors (Lipinski definition) is 3. The summed E-state index contributed by atoms with van der Waals surface area (Å²) in [5, 5.41) is 0. The summed E-state index contributed by atoms with van der Waals surface area (Å²) in [5.41, 5.74) is 2.72. The van der Waals surface area contributed by atoms with E-state index in [1.807, 2.05) is 38.1 Å². The van der Waals surface area contributed by atoms with Crippen LogP contribution in [0.1, 0.15) is 52.2 Å². The van der Waals surface area contributed by atoms with Crippen LogP contribution in [0, 0.1) is 5.92 Å². The highest BCUT2D eigenvalue weighted by Gasteiger charge is 2.33. The number of carbonyl (C=O) groups excluding carboxylic acids is 2. The average Bonchev–Trinajstić information content (AvgIpc) is 2.89. The van der Waals surface area contributed by atoms with Crippen molar-refractivity contribution in [2.45, 2.75) is 39.2 Å². The summed E-state index contributed by atoms with van der Waals surface area (Å²) >= 11 is 0. The molecule has 128 valence electrons. The minimum absolute atomic E-state index is 0.00563. The molecule has 1 aromatic carbocycles. The molecular formula is C20H20N2O3. The molecule has 0 saturated heterocycles. The van der Waals surface area contributed by atoms with Crippen molar-refractivity contribution in [1.29, 1.82) is 0 Å². The fourth-order valence-electron chi connectivity index (χ4n) is 3.99. The number of Topliss-reactive ketones (excluding diaryl/α,β-unsaturated/α-hetero) is 1. The van der Waals surface area contributed by atoms with Gasteiger partial charge in [-0.05, 0) is 43.4 Å². The van der Waals surface area contributed by atoms with Crippen molar-refractivity contribution < 1.29 is 9.59 Å². The number of aromatic nitrogens is 1. The molecule has 2 aromatic rings. The van der Waals surface area contributed by atoms with E-state index in [4.69, 9.17) is 0 Å². The van der Waals surface area contributed by atoms with Gasteiger partial charge in [-0.3, -0.25) is 14.4 Å². The zero-order valence-corrected chi connectivity index (χ0v) is 14.3. The van der Waals surface area contributed by atoms with Gasteiger partial charge in [-0.2, -0.15) is 0 Å². The van der Waals surface area contributed by atoms with Crippen LogP contribution in [0.2, 0.25) is 0 Å². The van der Waals surface area contributed by atoms with E-state index in [-0.39, 0.29) is 29.2 Å². The van der Waals surface area contributed by atoms with Crippen molar-refractivity contribution >= 4 is 17.4 Å². The van der Waals surface area contributed by atoms with Gasteiger partial charge in [-0.15, -0.1) is 0 Å². The van der Waals surface area contributed by atoms with Crippen LogP contribution in [0.3, 0.4) is 0 Å². The first-order valence-corrected chi connectivity index (χ1v) is 8.66. The topological polar surface area (TPSA) is 70.2 Å². The molecule has 0 radical (unpaired) electrons. The molecule has 25 heavy (non-hydrogen) atoms. The van der Waals surface area contributed by atoms with Gasteiger partial charge in [0.25, 0.3) is 11.5 Å². The van der Waals surface area contributed by atoms with Crippen LogP contribution in [-0.4, -0.2) is 22.7 Å². The molecule has 5 nitrogen and oxygen atoms in total. The number of pyridine rings is 1. The molecule has 1 aliphatic carbocycles. The number of para-hydroxylation sites is 1. The van der Waals surface area contributed by atoms with Crippen LogP contribution in [0.5, 0.6) is 0 Å². The number of fused-ring (bicyclic) bond motifs is 2. The number of carbonyl (C=O) groups is 2. The van der Waals surface area contributed by atoms with Crippen molar-refractivity contribution in [3.63, 3.8) is 0 Å². The highest BCUT2D eigenvalue weighted by molar-refractivity contribution is 6.09. The second-order valence-corrected chi connectivity index (χ2v) is 7.20. The zero-order valence-electron chi connectivity index (χ0n) is 14.3. The summed E-state index contributed by atoms with van der Waals surface area (Å²) in [6, 6.07) is 9.22. The summed E-state index contributed by atoms with van der Waals surface area (Å²) in [4.78, 5) is 42.4. The molecule has 1 amide bonds. The highest BCUT2D eigenvalue weighted by atomic mass is 16.2. The van der Waals surface area contributed by atoms with E-state index in [1.165, 1.54) is 6.07 Å². The standard InChI is InChI=1S/C20H20N2O3/c1-11-7-16-14(18(23)8-11)10-15(19(24)21-16)20(25)22-12(2)9-13-5-3-4-6-17(13)22/h3-6,10-12H,7-9H2,1-2H3,(H,21,24)/t11-,12+/m0/s1. The molecule has 0 spiro atoms. The Morgan fingerprint density at radius 2 is 1.88 bits per heavy atom. The largest absolute Gasteiger partial charge is 0.325 e. The smallest absolute Gasteiger partial charge is 0.264 e. The van der Waals surface area contributed by atoms with Crippen molar-refractivity contribution in [2.75, 3.05) is 4.90 Å². The third-order valence-electron chi connectivity index (χ3n) is 5.17. The number of anilines is 1. The molecular weight excluding hydrogens is 316 g/mol. The molecule has 5 heteroatoms. The van der Waals surface area contributed by atoms with Crippen LogP contribution in [0.15, 0.2) is 35.1 Å². The fourth-order valence-corrected chi connectivity index (χ4v) is 3.99. The van der Waals surface area contributed by atoms with Gasteiger partial charge in [0, 0.05) is 29.4 Å². The maximum absolute atomic E-state index is 13.1. The summed E-state index contributed by atoms with van der Waals surface area (Å²) < 4.78 is 0. The molecule has 0 saturated carbocycles. The Bertz CT molecular complexity index is 944. The Labute approximate surface area is 145 Å². The van der Waals surface area contributed by atoms with E-state index in [1.54, 1.807) is 4.90 Å². The number of ketones is 1. The lowest BCUT2D eigenvalue weighted by Gasteiger charge is -2.24. The molecule has 2 atom stereocenters. The molecule has 0 fully saturated rings. The number of H-pyrrole nitrogens is 1. The molecule has 0 unspecified atom stereocenters. The van der Waals surface area contributed by atoms with E-state index in [9.17, 15) is 14.4 Å². The summed E-state index contributed by atoms with van der Waals surface area (Å²) in [6.45, 7) is 3.96. The second-order valence-electron chi connectivity index (χ2n) is 7.20. The summed E-state index contributed by atoms with van der Waals surface area (Å²) in [5.74, 6) is -0.135. The number of amides is 1. The van der Waals surface area contributed by atoms with Crippen LogP contribution in [-0.2, 0) is 12.8 Å². The Morgan fingerprint density at radius 3 is 2.68 bits per heavy atom. The van der Waals surface area contributed by atoms with Gasteiger partial charge in [0.2, 0.25) is 0 Å². The maximum atomic E-state index is 13.1. The van der Waals surface area contributed by atoms with Gasteiger partial charge < -0.3 is 9.88 Å². The highest BCUT2D eigenvalue weighted by Crippen LogP contribution is 2.33. The number of rotatable bonds is 1. The normalized spacial score (nSPS) is 21.8. The number of nitrogens with zero attached hydrogens (tertiary/aromatic N) is 1. The van der Waals surface area contributed by atoms with Crippen molar-refractivity contribution in [3.05, 3.63) is 63.1 Å². The maximum Gasteiger partial charge on any atom is 0.264 e. The molecule has 1 aliphatic heterocycles. The lowest BCUT2D eigenvalue weighted by molar-refractivity contribution is 0.0952. The summed E-state index contributed by atoms with van der Waals surface area (Å²) in [7, 11) is 0. The Kier molecular flexibility index (Phi) is 3.60.